The van der Waals surface area contributed by atoms with E-state index in [0.29, 0.717) is 11.6 Å². The molecule has 0 atom stereocenters. The second-order valence-electron chi connectivity index (χ2n) is 7.82. The predicted octanol–water partition coefficient (Wildman–Crippen LogP) is 4.93. The first kappa shape index (κ1) is 22.8. The molecule has 1 aliphatic carbocycles. The maximum Gasteiger partial charge on any atom is 0.231 e. The third-order valence-electron chi connectivity index (χ3n) is 5.88. The van der Waals surface area contributed by atoms with Crippen LogP contribution in [0.3, 0.4) is 0 Å². The highest BCUT2D eigenvalue weighted by molar-refractivity contribution is 7.23. The van der Waals surface area contributed by atoms with Crippen molar-refractivity contribution in [3.63, 3.8) is 0 Å². The quantitative estimate of drug-likeness (QED) is 0.638. The number of morpholine rings is 1. The van der Waals surface area contributed by atoms with Gasteiger partial charge >= 0.3 is 0 Å². The van der Waals surface area contributed by atoms with Crippen LogP contribution in [0.1, 0.15) is 37.7 Å². The first-order valence-electron chi connectivity index (χ1n) is 10.3. The number of anilines is 1. The normalized spacial score (nSPS) is 18.6. The summed E-state index contributed by atoms with van der Waals surface area (Å²) in [5.41, 5.74) is 2.01. The molecule has 4 rings (SSSR count). The van der Waals surface area contributed by atoms with E-state index in [9.17, 15) is 4.79 Å². The molecule has 1 saturated carbocycles. The number of nitrogens with zero attached hydrogens (tertiary/aromatic N) is 3. The number of halogens is 2. The molecule has 1 aromatic heterocycles. The van der Waals surface area contributed by atoms with Crippen LogP contribution in [0, 0.1) is 12.8 Å². The van der Waals surface area contributed by atoms with E-state index in [2.05, 4.69) is 4.90 Å². The van der Waals surface area contributed by atoms with Crippen LogP contribution in [0.25, 0.3) is 10.2 Å². The van der Waals surface area contributed by atoms with Crippen molar-refractivity contribution in [2.75, 3.05) is 44.3 Å². The van der Waals surface area contributed by atoms with Crippen LogP contribution in [0.2, 0.25) is 5.02 Å². The van der Waals surface area contributed by atoms with Crippen molar-refractivity contribution < 1.29 is 9.53 Å². The van der Waals surface area contributed by atoms with Crippen molar-refractivity contribution in [2.45, 2.75) is 39.0 Å². The van der Waals surface area contributed by atoms with Crippen LogP contribution in [-0.4, -0.2) is 55.2 Å². The van der Waals surface area contributed by atoms with Gasteiger partial charge in [0.25, 0.3) is 0 Å². The van der Waals surface area contributed by atoms with Gasteiger partial charge in [-0.25, -0.2) is 4.98 Å². The molecule has 2 aliphatic rings. The molecule has 2 aromatic rings. The lowest BCUT2D eigenvalue weighted by Crippen LogP contribution is -2.45. The Morgan fingerprint density at radius 1 is 1.28 bits per heavy atom. The molecule has 0 bridgehead atoms. The Balaban J connectivity index is 0.00000240. The zero-order valence-corrected chi connectivity index (χ0v) is 19.3. The number of aryl methyl sites for hydroxylation is 1. The fourth-order valence-electron chi connectivity index (χ4n) is 4.14. The summed E-state index contributed by atoms with van der Waals surface area (Å²) in [7, 11) is 0. The summed E-state index contributed by atoms with van der Waals surface area (Å²) in [5, 5.41) is 1.50. The van der Waals surface area contributed by atoms with Gasteiger partial charge in [0.2, 0.25) is 5.91 Å². The van der Waals surface area contributed by atoms with Crippen LogP contribution < -0.4 is 4.90 Å². The highest BCUT2D eigenvalue weighted by atomic mass is 35.5. The smallest absolute Gasteiger partial charge is 0.231 e. The van der Waals surface area contributed by atoms with E-state index >= 15 is 0 Å². The molecule has 0 N–H and O–H groups in total. The van der Waals surface area contributed by atoms with Gasteiger partial charge in [0.05, 0.1) is 28.5 Å². The number of benzene rings is 1. The van der Waals surface area contributed by atoms with E-state index in [1.807, 2.05) is 24.0 Å². The summed E-state index contributed by atoms with van der Waals surface area (Å²) >= 11 is 7.96. The second kappa shape index (κ2) is 10.4. The largest absolute Gasteiger partial charge is 0.379 e. The molecule has 0 unspecified atom stereocenters. The lowest BCUT2D eigenvalue weighted by Gasteiger charge is -2.31. The summed E-state index contributed by atoms with van der Waals surface area (Å²) in [4.78, 5) is 22.6. The van der Waals surface area contributed by atoms with E-state index in [4.69, 9.17) is 21.3 Å². The number of aromatic nitrogens is 1. The number of amides is 1. The Bertz CT molecular complexity index is 794. The Morgan fingerprint density at radius 2 is 2.00 bits per heavy atom. The minimum Gasteiger partial charge on any atom is -0.379 e. The maximum absolute atomic E-state index is 13.4. The number of rotatable bonds is 5. The average Bonchev–Trinajstić information content (AvgIpc) is 3.19. The molecule has 8 heteroatoms. The summed E-state index contributed by atoms with van der Waals surface area (Å²) in [6.07, 6.45) is 5.54. The van der Waals surface area contributed by atoms with Gasteiger partial charge in [-0.2, -0.15) is 0 Å². The van der Waals surface area contributed by atoms with Gasteiger partial charge < -0.3 is 4.74 Å². The monoisotopic (exact) mass is 457 g/mol. The fourth-order valence-corrected chi connectivity index (χ4v) is 5.49. The fraction of sp³-hybridized carbons (Fsp3) is 0.619. The molecule has 5 nitrogen and oxygen atoms in total. The molecular weight excluding hydrogens is 429 g/mol. The lowest BCUT2D eigenvalue weighted by molar-refractivity contribution is -0.123. The number of hydrogen-bond acceptors (Lipinski definition) is 5. The molecule has 1 amide bonds. The van der Waals surface area contributed by atoms with E-state index in [1.54, 1.807) is 11.3 Å². The maximum atomic E-state index is 13.4. The lowest BCUT2D eigenvalue weighted by atomic mass is 9.88. The molecule has 0 radical (unpaired) electrons. The van der Waals surface area contributed by atoms with Gasteiger partial charge in [0.15, 0.2) is 5.13 Å². The minimum atomic E-state index is 0. The molecule has 1 saturated heterocycles. The molecular formula is C21H29Cl2N3O2S. The van der Waals surface area contributed by atoms with Crippen molar-refractivity contribution in [3.05, 3.63) is 22.7 Å². The number of hydrogen-bond donors (Lipinski definition) is 0. The molecule has 0 spiro atoms. The van der Waals surface area contributed by atoms with Crippen molar-refractivity contribution in [1.82, 2.24) is 9.88 Å². The third kappa shape index (κ3) is 5.23. The SMILES string of the molecule is Cc1ccc(Cl)c2sc(N(CCN3CCOCC3)C(=O)C3CCCCC3)nc12.Cl. The van der Waals surface area contributed by atoms with Gasteiger partial charge in [0, 0.05) is 32.1 Å². The van der Waals surface area contributed by atoms with Crippen molar-refractivity contribution in [2.24, 2.45) is 5.92 Å². The van der Waals surface area contributed by atoms with Crippen molar-refractivity contribution >= 4 is 56.6 Å². The van der Waals surface area contributed by atoms with Crippen LogP contribution in [0.4, 0.5) is 5.13 Å². The van der Waals surface area contributed by atoms with Gasteiger partial charge in [-0.05, 0) is 31.4 Å². The Labute approximate surface area is 187 Å². The Kier molecular flexibility index (Phi) is 8.16. The molecule has 1 aromatic carbocycles. The molecule has 29 heavy (non-hydrogen) atoms. The van der Waals surface area contributed by atoms with E-state index in [-0.39, 0.29) is 24.2 Å². The predicted molar refractivity (Wildman–Crippen MR) is 123 cm³/mol. The van der Waals surface area contributed by atoms with Gasteiger partial charge in [-0.15, -0.1) is 12.4 Å². The van der Waals surface area contributed by atoms with Crippen LogP contribution in [0.5, 0.6) is 0 Å². The van der Waals surface area contributed by atoms with Gasteiger partial charge in [-0.3, -0.25) is 14.6 Å². The van der Waals surface area contributed by atoms with Crippen LogP contribution in [-0.2, 0) is 9.53 Å². The van der Waals surface area contributed by atoms with Gasteiger partial charge in [0.1, 0.15) is 0 Å². The van der Waals surface area contributed by atoms with Crippen LogP contribution >= 0.6 is 35.3 Å². The van der Waals surface area contributed by atoms with Gasteiger partial charge in [-0.1, -0.05) is 48.3 Å². The third-order valence-corrected chi connectivity index (χ3v) is 7.42. The summed E-state index contributed by atoms with van der Waals surface area (Å²) < 4.78 is 6.43. The molecule has 2 fully saturated rings. The van der Waals surface area contributed by atoms with Crippen LogP contribution in [0.15, 0.2) is 12.1 Å². The Morgan fingerprint density at radius 3 is 2.69 bits per heavy atom. The first-order valence-corrected chi connectivity index (χ1v) is 11.5. The topological polar surface area (TPSA) is 45.7 Å². The number of carbonyl (C=O) groups is 1. The number of carbonyl (C=O) groups excluding carboxylic acids is 1. The first-order chi connectivity index (χ1) is 13.6. The molecule has 160 valence electrons. The zero-order chi connectivity index (χ0) is 19.5. The second-order valence-corrected chi connectivity index (χ2v) is 9.20. The van der Waals surface area contributed by atoms with Crippen molar-refractivity contribution in [1.29, 1.82) is 0 Å². The van der Waals surface area contributed by atoms with E-state index in [0.717, 1.165) is 79.4 Å². The average molecular weight is 458 g/mol. The molecule has 1 aliphatic heterocycles. The summed E-state index contributed by atoms with van der Waals surface area (Å²) in [6, 6.07) is 3.91. The highest BCUT2D eigenvalue weighted by Gasteiger charge is 2.29. The molecule has 2 heterocycles. The van der Waals surface area contributed by atoms with Crippen molar-refractivity contribution in [3.8, 4) is 0 Å². The van der Waals surface area contributed by atoms with E-state index in [1.165, 1.54) is 6.42 Å². The number of fused-ring (bicyclic) bond motifs is 1. The summed E-state index contributed by atoms with van der Waals surface area (Å²) in [6.45, 7) is 6.96. The zero-order valence-electron chi connectivity index (χ0n) is 16.9. The number of thiazole rings is 1. The number of ether oxygens (including phenoxy) is 1. The highest BCUT2D eigenvalue weighted by Crippen LogP contribution is 2.37. The standard InChI is InChI=1S/C21H28ClN3O2S.ClH/c1-15-7-8-17(22)19-18(15)23-21(28-19)25(10-9-24-11-13-27-14-12-24)20(26)16-5-3-2-4-6-16;/h7-8,16H,2-6,9-14H2,1H3;1H. The van der Waals surface area contributed by atoms with E-state index < -0.39 is 0 Å². The minimum absolute atomic E-state index is 0. The summed E-state index contributed by atoms with van der Waals surface area (Å²) in [5.74, 6) is 0.364. The Hall–Kier alpha value is -0.920.